The van der Waals surface area contributed by atoms with Crippen molar-refractivity contribution in [3.8, 4) is 0 Å². The molecule has 2 heterocycles. The average molecular weight is 298 g/mol. The van der Waals surface area contributed by atoms with Gasteiger partial charge in [-0.2, -0.15) is 0 Å². The zero-order chi connectivity index (χ0) is 14.7. The van der Waals surface area contributed by atoms with E-state index < -0.39 is 0 Å². The van der Waals surface area contributed by atoms with Crippen molar-refractivity contribution < 1.29 is 9.26 Å². The summed E-state index contributed by atoms with van der Waals surface area (Å²) in [5.74, 6) is 1.31. The average Bonchev–Trinajstić information content (AvgIpc) is 2.80. The summed E-state index contributed by atoms with van der Waals surface area (Å²) in [4.78, 5) is 16.3. The fourth-order valence-electron chi connectivity index (χ4n) is 1.90. The van der Waals surface area contributed by atoms with Crippen LogP contribution < -0.4 is 5.56 Å². The highest BCUT2D eigenvalue weighted by Gasteiger charge is 2.14. The molecule has 0 aromatic carbocycles. The van der Waals surface area contributed by atoms with Gasteiger partial charge in [-0.05, 0) is 0 Å². The van der Waals surface area contributed by atoms with Crippen molar-refractivity contribution in [2.45, 2.75) is 32.9 Å². The van der Waals surface area contributed by atoms with Gasteiger partial charge in [0.2, 0.25) is 0 Å². The monoisotopic (exact) mass is 297 g/mol. The van der Waals surface area contributed by atoms with E-state index in [1.54, 1.807) is 17.7 Å². The summed E-state index contributed by atoms with van der Waals surface area (Å²) in [7, 11) is 1.58. The second-order valence-electron chi connectivity index (χ2n) is 4.73. The van der Waals surface area contributed by atoms with Crippen LogP contribution in [0.2, 0.25) is 5.15 Å². The first kappa shape index (κ1) is 14.7. The van der Waals surface area contributed by atoms with Crippen molar-refractivity contribution in [2.75, 3.05) is 7.11 Å². The minimum atomic E-state index is -0.204. The first-order valence-corrected chi connectivity index (χ1v) is 6.59. The minimum Gasteiger partial charge on any atom is -0.377 e. The third-order valence-electron chi connectivity index (χ3n) is 2.74. The van der Waals surface area contributed by atoms with Gasteiger partial charge >= 0.3 is 0 Å². The number of nitrogens with zero attached hydrogens (tertiary/aromatic N) is 3. The highest BCUT2D eigenvalue weighted by atomic mass is 35.5. The van der Waals surface area contributed by atoms with Crippen LogP contribution in [0.1, 0.15) is 37.0 Å². The number of hydrogen-bond donors (Lipinski definition) is 0. The lowest BCUT2D eigenvalue weighted by molar-refractivity contribution is 0.155. The lowest BCUT2D eigenvalue weighted by atomic mass is 10.2. The fraction of sp³-hybridized carbons (Fsp3) is 0.462. The van der Waals surface area contributed by atoms with E-state index in [-0.39, 0.29) is 16.6 Å². The molecule has 20 heavy (non-hydrogen) atoms. The second kappa shape index (κ2) is 6.19. The van der Waals surface area contributed by atoms with Crippen molar-refractivity contribution in [3.05, 3.63) is 44.9 Å². The molecule has 7 heteroatoms. The first-order chi connectivity index (χ1) is 9.51. The van der Waals surface area contributed by atoms with E-state index >= 15 is 0 Å². The van der Waals surface area contributed by atoms with Crippen LogP contribution in [0.5, 0.6) is 0 Å². The topological polar surface area (TPSA) is 70.2 Å². The van der Waals surface area contributed by atoms with Crippen LogP contribution in [0.15, 0.2) is 21.5 Å². The van der Waals surface area contributed by atoms with Gasteiger partial charge in [-0.25, -0.2) is 4.98 Å². The Bertz CT molecular complexity index is 649. The maximum absolute atomic E-state index is 12.1. The summed E-state index contributed by atoms with van der Waals surface area (Å²) in [6.45, 7) is 4.54. The summed E-state index contributed by atoms with van der Waals surface area (Å²) in [5, 5.41) is 4.12. The van der Waals surface area contributed by atoms with Gasteiger partial charge in [0.1, 0.15) is 23.3 Å². The van der Waals surface area contributed by atoms with Gasteiger partial charge in [0, 0.05) is 25.2 Å². The predicted octanol–water partition coefficient (Wildman–Crippen LogP) is 2.20. The molecule has 0 aliphatic heterocycles. The maximum Gasteiger partial charge on any atom is 0.255 e. The van der Waals surface area contributed by atoms with Crippen molar-refractivity contribution >= 4 is 11.6 Å². The molecule has 0 saturated heterocycles. The molecule has 0 aliphatic rings. The molecular formula is C13H16ClN3O3. The summed E-state index contributed by atoms with van der Waals surface area (Å²) in [5.41, 5.74) is 0.440. The number of ether oxygens (including phenoxy) is 1. The minimum absolute atomic E-state index is 0.0757. The lowest BCUT2D eigenvalue weighted by Gasteiger charge is -2.13. The highest BCUT2D eigenvalue weighted by molar-refractivity contribution is 6.29. The molecular weight excluding hydrogens is 282 g/mol. The number of methoxy groups -OCH3 is 1. The molecule has 2 rings (SSSR count). The summed E-state index contributed by atoms with van der Waals surface area (Å²) >= 11 is 5.84. The van der Waals surface area contributed by atoms with Crippen LogP contribution in [0, 0.1) is 0 Å². The summed E-state index contributed by atoms with van der Waals surface area (Å²) < 4.78 is 11.6. The molecule has 6 nitrogen and oxygen atoms in total. The van der Waals surface area contributed by atoms with E-state index in [4.69, 9.17) is 20.9 Å². The first-order valence-electron chi connectivity index (χ1n) is 6.22. The molecule has 2 aromatic rings. The van der Waals surface area contributed by atoms with E-state index in [2.05, 4.69) is 10.1 Å². The third-order valence-corrected chi connectivity index (χ3v) is 2.93. The van der Waals surface area contributed by atoms with Crippen LogP contribution in [-0.4, -0.2) is 21.8 Å². The Morgan fingerprint density at radius 2 is 2.20 bits per heavy atom. The second-order valence-corrected chi connectivity index (χ2v) is 5.12. The van der Waals surface area contributed by atoms with Gasteiger partial charge in [-0.15, -0.1) is 0 Å². The van der Waals surface area contributed by atoms with E-state index in [1.165, 1.54) is 6.07 Å². The van der Waals surface area contributed by atoms with Gasteiger partial charge < -0.3 is 9.26 Å². The highest BCUT2D eigenvalue weighted by Crippen LogP contribution is 2.14. The number of aromatic nitrogens is 3. The van der Waals surface area contributed by atoms with E-state index in [0.717, 1.165) is 0 Å². The molecule has 0 fully saturated rings. The molecule has 0 amide bonds. The normalized spacial score (nSPS) is 11.2. The van der Waals surface area contributed by atoms with E-state index in [9.17, 15) is 4.79 Å². The van der Waals surface area contributed by atoms with Crippen molar-refractivity contribution in [1.29, 1.82) is 0 Å². The van der Waals surface area contributed by atoms with Gasteiger partial charge in [0.15, 0.2) is 5.76 Å². The van der Waals surface area contributed by atoms with Crippen molar-refractivity contribution in [1.82, 2.24) is 14.7 Å². The Morgan fingerprint density at radius 3 is 2.85 bits per heavy atom. The standard InChI is InChI=1S/C13H16ClN3O3/c1-8(2)13-15-11(14)5-12(18)17(13)6-9-4-10(7-19-3)20-16-9/h4-5,8H,6-7H2,1-3H3. The van der Waals surface area contributed by atoms with Gasteiger partial charge in [0.05, 0.1) is 6.54 Å². The molecule has 0 unspecified atom stereocenters. The Morgan fingerprint density at radius 1 is 1.45 bits per heavy atom. The van der Waals surface area contributed by atoms with Gasteiger partial charge in [0.25, 0.3) is 5.56 Å². The molecule has 0 radical (unpaired) electrons. The quantitative estimate of drug-likeness (QED) is 0.791. The zero-order valence-electron chi connectivity index (χ0n) is 11.6. The summed E-state index contributed by atoms with van der Waals surface area (Å²) in [6.07, 6.45) is 0. The van der Waals surface area contributed by atoms with Crippen LogP contribution >= 0.6 is 11.6 Å². The lowest BCUT2D eigenvalue weighted by Crippen LogP contribution is -2.25. The number of halogens is 1. The molecule has 108 valence electrons. The van der Waals surface area contributed by atoms with E-state index in [1.807, 2.05) is 13.8 Å². The molecule has 0 N–H and O–H groups in total. The molecule has 0 aliphatic carbocycles. The van der Waals surface area contributed by atoms with Gasteiger partial charge in [-0.1, -0.05) is 30.6 Å². The Balaban J connectivity index is 2.34. The zero-order valence-corrected chi connectivity index (χ0v) is 12.3. The van der Waals surface area contributed by atoms with Crippen LogP contribution in [0.25, 0.3) is 0 Å². The summed E-state index contributed by atoms with van der Waals surface area (Å²) in [6, 6.07) is 3.05. The maximum atomic E-state index is 12.1. The Labute approximate surface area is 121 Å². The molecule has 0 atom stereocenters. The number of rotatable bonds is 5. The Kier molecular flexibility index (Phi) is 4.57. The molecule has 0 saturated carbocycles. The predicted molar refractivity (Wildman–Crippen MR) is 73.9 cm³/mol. The molecule has 0 bridgehead atoms. The fourth-order valence-corrected chi connectivity index (χ4v) is 2.08. The Hall–Kier alpha value is -1.66. The SMILES string of the molecule is COCc1cc(Cn2c(C(C)C)nc(Cl)cc2=O)no1. The van der Waals surface area contributed by atoms with Crippen LogP contribution in [-0.2, 0) is 17.9 Å². The van der Waals surface area contributed by atoms with Crippen molar-refractivity contribution in [2.24, 2.45) is 0 Å². The van der Waals surface area contributed by atoms with Gasteiger partial charge in [-0.3, -0.25) is 9.36 Å². The molecule has 2 aromatic heterocycles. The largest absolute Gasteiger partial charge is 0.377 e. The molecule has 0 spiro atoms. The smallest absolute Gasteiger partial charge is 0.255 e. The van der Waals surface area contributed by atoms with Crippen molar-refractivity contribution in [3.63, 3.8) is 0 Å². The number of hydrogen-bond acceptors (Lipinski definition) is 5. The van der Waals surface area contributed by atoms with E-state index in [0.29, 0.717) is 30.4 Å². The van der Waals surface area contributed by atoms with Crippen LogP contribution in [0.4, 0.5) is 0 Å². The third kappa shape index (κ3) is 3.26. The van der Waals surface area contributed by atoms with Crippen LogP contribution in [0.3, 0.4) is 0 Å².